The lowest BCUT2D eigenvalue weighted by Crippen LogP contribution is -2.31. The standard InChI is InChI=1S/C17H18N2O/c1-13-5-2-3-6-15(13)17(20)19-12-4-7-16(19)14-8-10-18-11-9-14/h2-3,5-6,8-11,16H,4,7,12H2,1H3. The highest BCUT2D eigenvalue weighted by Gasteiger charge is 2.30. The average molecular weight is 266 g/mol. The topological polar surface area (TPSA) is 33.2 Å². The van der Waals surface area contributed by atoms with Crippen molar-refractivity contribution in [3.05, 3.63) is 65.5 Å². The maximum Gasteiger partial charge on any atom is 0.254 e. The van der Waals surface area contributed by atoms with Crippen LogP contribution in [0.25, 0.3) is 0 Å². The van der Waals surface area contributed by atoms with Crippen molar-refractivity contribution in [3.63, 3.8) is 0 Å². The Morgan fingerprint density at radius 2 is 1.95 bits per heavy atom. The van der Waals surface area contributed by atoms with E-state index in [2.05, 4.69) is 4.98 Å². The summed E-state index contributed by atoms with van der Waals surface area (Å²) in [5.74, 6) is 0.141. The van der Waals surface area contributed by atoms with Crippen molar-refractivity contribution in [1.82, 2.24) is 9.88 Å². The lowest BCUT2D eigenvalue weighted by atomic mass is 10.0. The van der Waals surface area contributed by atoms with Crippen molar-refractivity contribution >= 4 is 5.91 Å². The van der Waals surface area contributed by atoms with Gasteiger partial charge in [0.25, 0.3) is 5.91 Å². The molecule has 1 unspecified atom stereocenters. The quantitative estimate of drug-likeness (QED) is 0.835. The highest BCUT2D eigenvalue weighted by atomic mass is 16.2. The first-order valence-electron chi connectivity index (χ1n) is 7.04. The van der Waals surface area contributed by atoms with Gasteiger partial charge in [0, 0.05) is 24.5 Å². The average Bonchev–Trinajstić information content (AvgIpc) is 2.97. The fourth-order valence-corrected chi connectivity index (χ4v) is 2.91. The first kappa shape index (κ1) is 12.9. The fourth-order valence-electron chi connectivity index (χ4n) is 2.91. The van der Waals surface area contributed by atoms with Crippen LogP contribution >= 0.6 is 0 Å². The molecule has 2 aromatic rings. The minimum absolute atomic E-state index is 0.141. The number of amides is 1. The van der Waals surface area contributed by atoms with Gasteiger partial charge in [-0.15, -0.1) is 0 Å². The monoisotopic (exact) mass is 266 g/mol. The van der Waals surface area contributed by atoms with E-state index in [4.69, 9.17) is 0 Å². The molecular formula is C17H18N2O. The molecule has 1 aromatic carbocycles. The van der Waals surface area contributed by atoms with E-state index in [0.29, 0.717) is 0 Å². The normalized spacial score (nSPS) is 18.2. The van der Waals surface area contributed by atoms with E-state index in [1.807, 2.05) is 48.2 Å². The van der Waals surface area contributed by atoms with Crippen LogP contribution in [-0.4, -0.2) is 22.3 Å². The Morgan fingerprint density at radius 3 is 2.70 bits per heavy atom. The highest BCUT2D eigenvalue weighted by molar-refractivity contribution is 5.96. The second kappa shape index (κ2) is 5.45. The molecule has 3 heteroatoms. The zero-order valence-corrected chi connectivity index (χ0v) is 11.6. The third-order valence-corrected chi connectivity index (χ3v) is 3.98. The molecule has 0 radical (unpaired) electrons. The van der Waals surface area contributed by atoms with Crippen LogP contribution in [0.5, 0.6) is 0 Å². The fraction of sp³-hybridized carbons (Fsp3) is 0.294. The zero-order valence-electron chi connectivity index (χ0n) is 11.6. The molecule has 1 amide bonds. The van der Waals surface area contributed by atoms with Crippen molar-refractivity contribution in [1.29, 1.82) is 0 Å². The van der Waals surface area contributed by atoms with Crippen LogP contribution in [-0.2, 0) is 0 Å². The number of carbonyl (C=O) groups excluding carboxylic acids is 1. The second-order valence-electron chi connectivity index (χ2n) is 5.25. The second-order valence-corrected chi connectivity index (χ2v) is 5.25. The minimum Gasteiger partial charge on any atom is -0.332 e. The Kier molecular flexibility index (Phi) is 3.50. The zero-order chi connectivity index (χ0) is 13.9. The molecule has 0 aliphatic carbocycles. The van der Waals surface area contributed by atoms with Crippen molar-refractivity contribution in [3.8, 4) is 0 Å². The Balaban J connectivity index is 1.90. The maximum atomic E-state index is 12.8. The van der Waals surface area contributed by atoms with Crippen LogP contribution in [0, 0.1) is 6.92 Å². The summed E-state index contributed by atoms with van der Waals surface area (Å²) in [5.41, 5.74) is 3.03. The summed E-state index contributed by atoms with van der Waals surface area (Å²) >= 11 is 0. The Labute approximate surface area is 119 Å². The Morgan fingerprint density at radius 1 is 1.20 bits per heavy atom. The van der Waals surface area contributed by atoms with E-state index in [0.717, 1.165) is 30.5 Å². The van der Waals surface area contributed by atoms with Crippen molar-refractivity contribution in [2.45, 2.75) is 25.8 Å². The molecule has 3 rings (SSSR count). The van der Waals surface area contributed by atoms with Gasteiger partial charge in [-0.25, -0.2) is 0 Å². The van der Waals surface area contributed by atoms with Crippen molar-refractivity contribution in [2.75, 3.05) is 6.54 Å². The number of hydrogen-bond acceptors (Lipinski definition) is 2. The Bertz CT molecular complexity index is 609. The van der Waals surface area contributed by atoms with Gasteiger partial charge in [-0.2, -0.15) is 0 Å². The molecule has 0 N–H and O–H groups in total. The van der Waals surface area contributed by atoms with E-state index >= 15 is 0 Å². The van der Waals surface area contributed by atoms with E-state index < -0.39 is 0 Å². The summed E-state index contributed by atoms with van der Waals surface area (Å²) in [6.45, 7) is 2.82. The molecule has 3 nitrogen and oxygen atoms in total. The summed E-state index contributed by atoms with van der Waals surface area (Å²) < 4.78 is 0. The van der Waals surface area contributed by atoms with Crippen molar-refractivity contribution < 1.29 is 4.79 Å². The molecule has 1 aromatic heterocycles. The largest absolute Gasteiger partial charge is 0.332 e. The molecule has 1 atom stereocenters. The lowest BCUT2D eigenvalue weighted by molar-refractivity contribution is 0.0735. The molecule has 1 fully saturated rings. The molecule has 20 heavy (non-hydrogen) atoms. The van der Waals surface area contributed by atoms with Gasteiger partial charge < -0.3 is 4.90 Å². The lowest BCUT2D eigenvalue weighted by Gasteiger charge is -2.25. The number of carbonyl (C=O) groups is 1. The van der Waals surface area contributed by atoms with Gasteiger partial charge in [0.1, 0.15) is 0 Å². The van der Waals surface area contributed by atoms with Crippen LogP contribution < -0.4 is 0 Å². The summed E-state index contributed by atoms with van der Waals surface area (Å²) in [6.07, 6.45) is 5.68. The summed E-state index contributed by atoms with van der Waals surface area (Å²) in [6, 6.07) is 12.0. The van der Waals surface area contributed by atoms with Crippen LogP contribution in [0.2, 0.25) is 0 Å². The van der Waals surface area contributed by atoms with E-state index in [1.165, 1.54) is 5.56 Å². The number of aromatic nitrogens is 1. The summed E-state index contributed by atoms with van der Waals surface area (Å²) in [7, 11) is 0. The van der Waals surface area contributed by atoms with E-state index in [-0.39, 0.29) is 11.9 Å². The van der Waals surface area contributed by atoms with Gasteiger partial charge in [0.05, 0.1) is 6.04 Å². The molecule has 1 saturated heterocycles. The third kappa shape index (κ3) is 2.31. The van der Waals surface area contributed by atoms with Gasteiger partial charge in [-0.3, -0.25) is 9.78 Å². The molecule has 1 aliphatic heterocycles. The van der Waals surface area contributed by atoms with E-state index in [9.17, 15) is 4.79 Å². The summed E-state index contributed by atoms with van der Waals surface area (Å²) in [4.78, 5) is 18.8. The highest BCUT2D eigenvalue weighted by Crippen LogP contribution is 2.33. The molecule has 2 heterocycles. The van der Waals surface area contributed by atoms with Gasteiger partial charge in [-0.05, 0) is 49.1 Å². The van der Waals surface area contributed by atoms with E-state index in [1.54, 1.807) is 12.4 Å². The summed E-state index contributed by atoms with van der Waals surface area (Å²) in [5, 5.41) is 0. The first-order chi connectivity index (χ1) is 9.77. The van der Waals surface area contributed by atoms with Gasteiger partial charge >= 0.3 is 0 Å². The predicted octanol–water partition coefficient (Wildman–Crippen LogP) is 3.37. The molecule has 0 bridgehead atoms. The van der Waals surface area contributed by atoms with Gasteiger partial charge in [-0.1, -0.05) is 18.2 Å². The number of likely N-dealkylation sites (tertiary alicyclic amines) is 1. The Hall–Kier alpha value is -2.16. The molecular weight excluding hydrogens is 248 g/mol. The van der Waals surface area contributed by atoms with Crippen LogP contribution in [0.15, 0.2) is 48.8 Å². The van der Waals surface area contributed by atoms with Crippen LogP contribution in [0.3, 0.4) is 0 Å². The minimum atomic E-state index is 0.141. The maximum absolute atomic E-state index is 12.8. The number of aryl methyl sites for hydroxylation is 1. The van der Waals surface area contributed by atoms with Crippen LogP contribution in [0.1, 0.15) is 40.4 Å². The number of nitrogens with zero attached hydrogens (tertiary/aromatic N) is 2. The van der Waals surface area contributed by atoms with Crippen LogP contribution in [0.4, 0.5) is 0 Å². The van der Waals surface area contributed by atoms with Gasteiger partial charge in [0.2, 0.25) is 0 Å². The predicted molar refractivity (Wildman–Crippen MR) is 78.4 cm³/mol. The SMILES string of the molecule is Cc1ccccc1C(=O)N1CCCC1c1ccncc1. The molecule has 102 valence electrons. The smallest absolute Gasteiger partial charge is 0.254 e. The van der Waals surface area contributed by atoms with Gasteiger partial charge in [0.15, 0.2) is 0 Å². The first-order valence-corrected chi connectivity index (χ1v) is 7.04. The molecule has 1 aliphatic rings. The number of rotatable bonds is 2. The van der Waals surface area contributed by atoms with Crippen molar-refractivity contribution in [2.24, 2.45) is 0 Å². The number of benzene rings is 1. The number of hydrogen-bond donors (Lipinski definition) is 0. The third-order valence-electron chi connectivity index (χ3n) is 3.98. The molecule has 0 saturated carbocycles. The molecule has 0 spiro atoms. The number of pyridine rings is 1.